The summed E-state index contributed by atoms with van der Waals surface area (Å²) in [4.78, 5) is 0. The van der Waals surface area contributed by atoms with Gasteiger partial charge in [-0.2, -0.15) is 5.10 Å². The molecule has 0 saturated heterocycles. The summed E-state index contributed by atoms with van der Waals surface area (Å²) in [6, 6.07) is 7.68. The van der Waals surface area contributed by atoms with E-state index in [0.717, 1.165) is 23.6 Å². The molecule has 2 aromatic rings. The highest BCUT2D eigenvalue weighted by molar-refractivity contribution is 5.59. The van der Waals surface area contributed by atoms with E-state index in [0.29, 0.717) is 18.8 Å². The maximum absolute atomic E-state index is 5.87. The third-order valence-electron chi connectivity index (χ3n) is 2.80. The Labute approximate surface area is 113 Å². The molecular weight excluding hydrogens is 240 g/mol. The van der Waals surface area contributed by atoms with Crippen LogP contribution in [0.1, 0.15) is 19.0 Å². The Morgan fingerprint density at radius 2 is 2.21 bits per heavy atom. The number of benzene rings is 1. The van der Waals surface area contributed by atoms with Gasteiger partial charge in [-0.15, -0.1) is 0 Å². The van der Waals surface area contributed by atoms with Crippen molar-refractivity contribution in [3.8, 4) is 5.75 Å². The third-order valence-corrected chi connectivity index (χ3v) is 2.80. The van der Waals surface area contributed by atoms with Gasteiger partial charge >= 0.3 is 0 Å². The maximum atomic E-state index is 5.87. The fourth-order valence-electron chi connectivity index (χ4n) is 1.79. The molecule has 0 radical (unpaired) electrons. The predicted octanol–water partition coefficient (Wildman–Crippen LogP) is 2.40. The molecule has 1 heterocycles. The molecule has 0 aliphatic heterocycles. The Balaban J connectivity index is 2.03. The van der Waals surface area contributed by atoms with Crippen LogP contribution in [-0.4, -0.2) is 16.4 Å². The zero-order valence-corrected chi connectivity index (χ0v) is 11.4. The van der Waals surface area contributed by atoms with Crippen LogP contribution in [0.3, 0.4) is 0 Å². The van der Waals surface area contributed by atoms with E-state index >= 15 is 0 Å². The summed E-state index contributed by atoms with van der Waals surface area (Å²) < 4.78 is 7.44. The highest BCUT2D eigenvalue weighted by atomic mass is 16.5. The largest absolute Gasteiger partial charge is 0.493 e. The first kappa shape index (κ1) is 13.3. The van der Waals surface area contributed by atoms with Gasteiger partial charge in [0.15, 0.2) is 0 Å². The fourth-order valence-corrected chi connectivity index (χ4v) is 1.79. The van der Waals surface area contributed by atoms with Gasteiger partial charge in [-0.25, -0.2) is 0 Å². The van der Waals surface area contributed by atoms with Crippen LogP contribution in [0.25, 0.3) is 0 Å². The highest BCUT2D eigenvalue weighted by Gasteiger charge is 2.02. The number of ether oxygens (including phenoxy) is 1. The summed E-state index contributed by atoms with van der Waals surface area (Å²) >= 11 is 0. The van der Waals surface area contributed by atoms with E-state index in [4.69, 9.17) is 10.5 Å². The molecule has 3 N–H and O–H groups in total. The topological polar surface area (TPSA) is 65.1 Å². The smallest absolute Gasteiger partial charge is 0.123 e. The van der Waals surface area contributed by atoms with Gasteiger partial charge in [0.05, 0.1) is 18.8 Å². The minimum atomic E-state index is 0.695. The number of nitrogens with two attached hydrogens (primary N) is 1. The minimum Gasteiger partial charge on any atom is -0.493 e. The molecule has 0 aliphatic rings. The second kappa shape index (κ2) is 6.13. The predicted molar refractivity (Wildman–Crippen MR) is 77.2 cm³/mol. The van der Waals surface area contributed by atoms with Crippen LogP contribution in [0.4, 0.5) is 11.4 Å². The molecule has 0 bridgehead atoms. The number of nitrogen functional groups attached to an aromatic ring is 1. The van der Waals surface area contributed by atoms with Crippen molar-refractivity contribution < 1.29 is 4.74 Å². The number of aryl methyl sites for hydroxylation is 1. The molecular formula is C14H20N4O. The molecule has 2 rings (SSSR count). The molecule has 5 heteroatoms. The molecule has 19 heavy (non-hydrogen) atoms. The summed E-state index contributed by atoms with van der Waals surface area (Å²) in [5.41, 5.74) is 8.63. The van der Waals surface area contributed by atoms with Crippen LogP contribution >= 0.6 is 0 Å². The van der Waals surface area contributed by atoms with E-state index in [1.807, 2.05) is 36.0 Å². The van der Waals surface area contributed by atoms with Crippen molar-refractivity contribution in [2.24, 2.45) is 7.05 Å². The Kier molecular flexibility index (Phi) is 4.28. The molecule has 0 spiro atoms. The first-order valence-corrected chi connectivity index (χ1v) is 6.43. The molecule has 0 unspecified atom stereocenters. The van der Waals surface area contributed by atoms with Gasteiger partial charge in [-0.05, 0) is 18.6 Å². The lowest BCUT2D eigenvalue weighted by atomic mass is 10.2. The van der Waals surface area contributed by atoms with Crippen molar-refractivity contribution in [3.05, 3.63) is 36.2 Å². The van der Waals surface area contributed by atoms with Crippen LogP contribution < -0.4 is 15.8 Å². The first-order chi connectivity index (χ1) is 9.19. The average molecular weight is 260 g/mol. The van der Waals surface area contributed by atoms with Gasteiger partial charge in [0.25, 0.3) is 0 Å². The Bertz CT molecular complexity index is 536. The summed E-state index contributed by atoms with van der Waals surface area (Å²) in [5.74, 6) is 0.800. The molecule has 0 amide bonds. The number of nitrogens with zero attached hydrogens (tertiary/aromatic N) is 2. The zero-order valence-electron chi connectivity index (χ0n) is 11.4. The molecule has 102 valence electrons. The summed E-state index contributed by atoms with van der Waals surface area (Å²) in [6.45, 7) is 3.48. The quantitative estimate of drug-likeness (QED) is 0.783. The van der Waals surface area contributed by atoms with E-state index < -0.39 is 0 Å². The minimum absolute atomic E-state index is 0.695. The summed E-state index contributed by atoms with van der Waals surface area (Å²) in [5, 5.41) is 7.46. The molecule has 0 saturated carbocycles. The Hall–Kier alpha value is -2.17. The molecule has 0 aliphatic carbocycles. The van der Waals surface area contributed by atoms with Crippen LogP contribution in [0, 0.1) is 0 Å². The SMILES string of the molecule is CCCOc1cc(N)cc(NCc2ccnn2C)c1. The van der Waals surface area contributed by atoms with Gasteiger partial charge in [-0.1, -0.05) is 6.92 Å². The monoisotopic (exact) mass is 260 g/mol. The fraction of sp³-hybridized carbons (Fsp3) is 0.357. The van der Waals surface area contributed by atoms with Crippen molar-refractivity contribution in [1.29, 1.82) is 0 Å². The van der Waals surface area contributed by atoms with Gasteiger partial charge < -0.3 is 15.8 Å². The highest BCUT2D eigenvalue weighted by Crippen LogP contribution is 2.23. The van der Waals surface area contributed by atoms with E-state index in [1.165, 1.54) is 0 Å². The van der Waals surface area contributed by atoms with Crippen molar-refractivity contribution in [2.75, 3.05) is 17.7 Å². The number of hydrogen-bond acceptors (Lipinski definition) is 4. The zero-order chi connectivity index (χ0) is 13.7. The van der Waals surface area contributed by atoms with Crippen LogP contribution in [-0.2, 0) is 13.6 Å². The van der Waals surface area contributed by atoms with Gasteiger partial charge in [0.2, 0.25) is 0 Å². The summed E-state index contributed by atoms with van der Waals surface area (Å²) in [6.07, 6.45) is 2.76. The van der Waals surface area contributed by atoms with Crippen molar-refractivity contribution in [3.63, 3.8) is 0 Å². The normalized spacial score (nSPS) is 10.4. The number of nitrogens with one attached hydrogen (secondary N) is 1. The lowest BCUT2D eigenvalue weighted by Gasteiger charge is -2.11. The average Bonchev–Trinajstić information content (AvgIpc) is 2.79. The number of rotatable bonds is 6. The number of hydrogen-bond donors (Lipinski definition) is 2. The van der Waals surface area contributed by atoms with Gasteiger partial charge in [0, 0.05) is 36.8 Å². The Morgan fingerprint density at radius 3 is 2.89 bits per heavy atom. The maximum Gasteiger partial charge on any atom is 0.123 e. The number of anilines is 2. The molecule has 1 aromatic carbocycles. The Morgan fingerprint density at radius 1 is 1.37 bits per heavy atom. The third kappa shape index (κ3) is 3.64. The molecule has 1 aromatic heterocycles. The molecule has 0 atom stereocenters. The van der Waals surface area contributed by atoms with E-state index in [2.05, 4.69) is 17.3 Å². The second-order valence-corrected chi connectivity index (χ2v) is 4.44. The van der Waals surface area contributed by atoms with Crippen molar-refractivity contribution >= 4 is 11.4 Å². The van der Waals surface area contributed by atoms with E-state index in [1.54, 1.807) is 6.20 Å². The lowest BCUT2D eigenvalue weighted by Crippen LogP contribution is -2.06. The second-order valence-electron chi connectivity index (χ2n) is 4.44. The number of aromatic nitrogens is 2. The van der Waals surface area contributed by atoms with Crippen molar-refractivity contribution in [1.82, 2.24) is 9.78 Å². The van der Waals surface area contributed by atoms with E-state index in [9.17, 15) is 0 Å². The molecule has 5 nitrogen and oxygen atoms in total. The van der Waals surface area contributed by atoms with Crippen LogP contribution in [0.5, 0.6) is 5.75 Å². The van der Waals surface area contributed by atoms with Gasteiger partial charge in [-0.3, -0.25) is 4.68 Å². The van der Waals surface area contributed by atoms with Crippen LogP contribution in [0.2, 0.25) is 0 Å². The lowest BCUT2D eigenvalue weighted by molar-refractivity contribution is 0.318. The molecule has 0 fully saturated rings. The standard InChI is InChI=1S/C14H20N4O/c1-3-6-19-14-8-11(15)7-12(9-14)16-10-13-4-5-17-18(13)2/h4-5,7-9,16H,3,6,10,15H2,1-2H3. The van der Waals surface area contributed by atoms with Gasteiger partial charge in [0.1, 0.15) is 5.75 Å². The van der Waals surface area contributed by atoms with E-state index in [-0.39, 0.29) is 0 Å². The first-order valence-electron chi connectivity index (χ1n) is 6.43. The van der Waals surface area contributed by atoms with Crippen LogP contribution in [0.15, 0.2) is 30.5 Å². The summed E-state index contributed by atoms with van der Waals surface area (Å²) in [7, 11) is 1.92. The van der Waals surface area contributed by atoms with Crippen molar-refractivity contribution in [2.45, 2.75) is 19.9 Å².